The Morgan fingerprint density at radius 1 is 1.26 bits per heavy atom. The molecule has 0 aliphatic carbocycles. The zero-order valence-electron chi connectivity index (χ0n) is 9.86. The van der Waals surface area contributed by atoms with Gasteiger partial charge in [-0.25, -0.2) is 9.37 Å². The van der Waals surface area contributed by atoms with Crippen LogP contribution in [0.2, 0.25) is 5.02 Å². The molecule has 3 nitrogen and oxygen atoms in total. The van der Waals surface area contributed by atoms with E-state index in [0.29, 0.717) is 33.3 Å². The van der Waals surface area contributed by atoms with Crippen molar-refractivity contribution in [3.05, 3.63) is 58.7 Å². The second-order valence-electron chi connectivity index (χ2n) is 4.22. The lowest BCUT2D eigenvalue weighted by atomic mass is 10.1. The number of nitrogens with two attached hydrogens (primary N) is 1. The van der Waals surface area contributed by atoms with Crippen molar-refractivity contribution in [2.24, 2.45) is 0 Å². The minimum Gasteiger partial charge on any atom is -0.439 e. The molecule has 0 spiro atoms. The van der Waals surface area contributed by atoms with Crippen LogP contribution in [0.4, 0.5) is 10.1 Å². The quantitative estimate of drug-likeness (QED) is 0.725. The van der Waals surface area contributed by atoms with Crippen LogP contribution in [0.15, 0.2) is 40.8 Å². The van der Waals surface area contributed by atoms with Gasteiger partial charge in [-0.15, -0.1) is 0 Å². The van der Waals surface area contributed by atoms with Gasteiger partial charge < -0.3 is 10.2 Å². The molecular weight excluding hydrogens is 267 g/mol. The van der Waals surface area contributed by atoms with E-state index in [9.17, 15) is 4.39 Å². The van der Waals surface area contributed by atoms with Crippen LogP contribution in [0.1, 0.15) is 11.5 Å². The van der Waals surface area contributed by atoms with Crippen LogP contribution in [0.5, 0.6) is 0 Å². The third-order valence-electron chi connectivity index (χ3n) is 2.83. The minimum absolute atomic E-state index is 0.261. The summed E-state index contributed by atoms with van der Waals surface area (Å²) in [5, 5.41) is 0.494. The average molecular weight is 277 g/mol. The maximum absolute atomic E-state index is 13.7. The molecule has 2 N–H and O–H groups in total. The van der Waals surface area contributed by atoms with Crippen molar-refractivity contribution in [1.82, 2.24) is 4.98 Å². The summed E-state index contributed by atoms with van der Waals surface area (Å²) in [5.41, 5.74) is 7.57. The molecule has 5 heteroatoms. The van der Waals surface area contributed by atoms with E-state index < -0.39 is 0 Å². The van der Waals surface area contributed by atoms with Crippen LogP contribution < -0.4 is 5.73 Å². The largest absolute Gasteiger partial charge is 0.439 e. The van der Waals surface area contributed by atoms with Gasteiger partial charge in [-0.1, -0.05) is 23.7 Å². The molecule has 0 bridgehead atoms. The number of oxazole rings is 1. The van der Waals surface area contributed by atoms with Crippen LogP contribution in [0.3, 0.4) is 0 Å². The number of nitrogen functional groups attached to an aromatic ring is 1. The molecule has 1 aromatic heterocycles. The number of hydrogen-bond donors (Lipinski definition) is 1. The molecule has 0 aliphatic rings. The van der Waals surface area contributed by atoms with Gasteiger partial charge in [0.2, 0.25) is 0 Å². The molecule has 96 valence electrons. The zero-order valence-corrected chi connectivity index (χ0v) is 10.6. The van der Waals surface area contributed by atoms with Crippen LogP contribution >= 0.6 is 11.6 Å². The molecule has 3 aromatic rings. The van der Waals surface area contributed by atoms with Crippen LogP contribution in [0.25, 0.3) is 11.1 Å². The molecular formula is C14H10ClFN2O. The molecule has 0 amide bonds. The van der Waals surface area contributed by atoms with E-state index in [0.717, 1.165) is 0 Å². The van der Waals surface area contributed by atoms with Crippen molar-refractivity contribution in [2.45, 2.75) is 6.42 Å². The second kappa shape index (κ2) is 4.55. The van der Waals surface area contributed by atoms with Gasteiger partial charge in [-0.05, 0) is 29.8 Å². The number of halogens is 2. The highest BCUT2D eigenvalue weighted by Crippen LogP contribution is 2.25. The Hall–Kier alpha value is -2.07. The molecule has 0 saturated carbocycles. The number of hydrogen-bond acceptors (Lipinski definition) is 3. The molecule has 2 aromatic carbocycles. The first kappa shape index (κ1) is 12.0. The Morgan fingerprint density at radius 3 is 2.84 bits per heavy atom. The van der Waals surface area contributed by atoms with E-state index in [-0.39, 0.29) is 12.2 Å². The highest BCUT2D eigenvalue weighted by Gasteiger charge is 2.11. The Kier molecular flexibility index (Phi) is 2.87. The van der Waals surface area contributed by atoms with Crippen LogP contribution in [-0.2, 0) is 6.42 Å². The van der Waals surface area contributed by atoms with Gasteiger partial charge in [0.25, 0.3) is 0 Å². The third-order valence-corrected chi connectivity index (χ3v) is 3.13. The second-order valence-corrected chi connectivity index (χ2v) is 4.63. The molecule has 0 unspecified atom stereocenters. The van der Waals surface area contributed by atoms with Crippen molar-refractivity contribution in [3.8, 4) is 0 Å². The molecule has 0 fully saturated rings. The topological polar surface area (TPSA) is 52.0 Å². The third kappa shape index (κ3) is 2.27. The fourth-order valence-electron chi connectivity index (χ4n) is 1.91. The molecule has 0 radical (unpaired) electrons. The summed E-state index contributed by atoms with van der Waals surface area (Å²) < 4.78 is 19.2. The standard InChI is InChI=1S/C14H10ClFN2O/c15-10-2-1-3-12-14(10)19-13(18-12)6-8-4-5-9(17)7-11(8)16/h1-5,7H,6,17H2. The fraction of sp³-hybridized carbons (Fsp3) is 0.0714. The number of nitrogens with zero attached hydrogens (tertiary/aromatic N) is 1. The molecule has 3 rings (SSSR count). The summed E-state index contributed by atoms with van der Waals surface area (Å²) in [4.78, 5) is 4.28. The highest BCUT2D eigenvalue weighted by atomic mass is 35.5. The van der Waals surface area contributed by atoms with E-state index in [1.165, 1.54) is 6.07 Å². The van der Waals surface area contributed by atoms with Gasteiger partial charge in [0.15, 0.2) is 11.5 Å². The Balaban J connectivity index is 1.99. The Bertz CT molecular complexity index is 754. The Morgan fingerprint density at radius 2 is 2.11 bits per heavy atom. The predicted molar refractivity (Wildman–Crippen MR) is 72.6 cm³/mol. The number of aromatic nitrogens is 1. The normalized spacial score (nSPS) is 11.1. The first-order valence-electron chi connectivity index (χ1n) is 5.71. The number of anilines is 1. The predicted octanol–water partition coefficient (Wildman–Crippen LogP) is 3.79. The highest BCUT2D eigenvalue weighted by molar-refractivity contribution is 6.34. The SMILES string of the molecule is Nc1ccc(Cc2nc3cccc(Cl)c3o2)c(F)c1. The number of para-hydroxylation sites is 1. The zero-order chi connectivity index (χ0) is 13.4. The van der Waals surface area contributed by atoms with Crippen LogP contribution in [-0.4, -0.2) is 4.98 Å². The monoisotopic (exact) mass is 276 g/mol. The minimum atomic E-state index is -0.367. The summed E-state index contributed by atoms with van der Waals surface area (Å²) in [5.74, 6) is 0.0557. The number of benzene rings is 2. The van der Waals surface area contributed by atoms with Gasteiger partial charge in [0.05, 0.1) is 11.4 Å². The van der Waals surface area contributed by atoms with Gasteiger partial charge in [-0.3, -0.25) is 0 Å². The van der Waals surface area contributed by atoms with Gasteiger partial charge in [0.1, 0.15) is 11.3 Å². The van der Waals surface area contributed by atoms with Crippen molar-refractivity contribution in [2.75, 3.05) is 5.73 Å². The van der Waals surface area contributed by atoms with E-state index in [4.69, 9.17) is 21.8 Å². The smallest absolute Gasteiger partial charge is 0.200 e. The summed E-state index contributed by atoms with van der Waals surface area (Å²) >= 11 is 6.00. The van der Waals surface area contributed by atoms with E-state index >= 15 is 0 Å². The molecule has 19 heavy (non-hydrogen) atoms. The lowest BCUT2D eigenvalue weighted by Crippen LogP contribution is -1.95. The molecule has 0 aliphatic heterocycles. The van der Waals surface area contributed by atoms with E-state index in [1.54, 1.807) is 30.3 Å². The molecule has 1 heterocycles. The van der Waals surface area contributed by atoms with Crippen molar-refractivity contribution < 1.29 is 8.81 Å². The summed E-state index contributed by atoms with van der Waals surface area (Å²) in [6.45, 7) is 0. The van der Waals surface area contributed by atoms with Crippen molar-refractivity contribution in [1.29, 1.82) is 0 Å². The maximum Gasteiger partial charge on any atom is 0.200 e. The van der Waals surface area contributed by atoms with Crippen molar-refractivity contribution in [3.63, 3.8) is 0 Å². The lowest BCUT2D eigenvalue weighted by Gasteiger charge is -2.00. The van der Waals surface area contributed by atoms with E-state index in [2.05, 4.69) is 4.98 Å². The summed E-state index contributed by atoms with van der Waals surface area (Å²) in [6.07, 6.45) is 0.261. The molecule has 0 saturated heterocycles. The number of rotatable bonds is 2. The average Bonchev–Trinajstić information content (AvgIpc) is 2.77. The Labute approximate surface area is 113 Å². The lowest BCUT2D eigenvalue weighted by molar-refractivity contribution is 0.534. The molecule has 0 atom stereocenters. The van der Waals surface area contributed by atoms with Gasteiger partial charge in [0, 0.05) is 5.69 Å². The summed E-state index contributed by atoms with van der Waals surface area (Å²) in [6, 6.07) is 9.87. The first-order chi connectivity index (χ1) is 9.13. The maximum atomic E-state index is 13.7. The first-order valence-corrected chi connectivity index (χ1v) is 6.09. The van der Waals surface area contributed by atoms with Gasteiger partial charge in [-0.2, -0.15) is 0 Å². The van der Waals surface area contributed by atoms with Crippen LogP contribution in [0, 0.1) is 5.82 Å². The van der Waals surface area contributed by atoms with E-state index in [1.807, 2.05) is 0 Å². The van der Waals surface area contributed by atoms with Gasteiger partial charge >= 0.3 is 0 Å². The summed E-state index contributed by atoms with van der Waals surface area (Å²) in [7, 11) is 0. The fourth-order valence-corrected chi connectivity index (χ4v) is 2.12. The number of fused-ring (bicyclic) bond motifs is 1. The van der Waals surface area contributed by atoms with Crippen molar-refractivity contribution >= 4 is 28.4 Å².